The Morgan fingerprint density at radius 2 is 2.00 bits per heavy atom. The molecular weight excluding hydrogens is 576 g/mol. The zero-order valence-corrected chi connectivity index (χ0v) is 22.5. The number of nitro groups is 1. The molecule has 11 nitrogen and oxygen atoms in total. The maximum atomic E-state index is 13.1. The number of aryl methyl sites for hydroxylation is 1. The number of hydrogen-bond donors (Lipinski definition) is 1. The number of ether oxygens (including phenoxy) is 1. The fraction of sp³-hybridized carbons (Fsp3) is 0.364. The molecule has 0 unspecified atom stereocenters. The number of pyridine rings is 1. The van der Waals surface area contributed by atoms with E-state index in [1.165, 1.54) is 18.3 Å². The van der Waals surface area contributed by atoms with Crippen molar-refractivity contribution in [1.29, 1.82) is 0 Å². The van der Waals surface area contributed by atoms with Gasteiger partial charge in [-0.2, -0.15) is 18.6 Å². The Kier molecular flexibility index (Phi) is 9.79. The molecule has 0 bridgehead atoms. The summed E-state index contributed by atoms with van der Waals surface area (Å²) in [5.41, 5.74) is 1.56. The third-order valence-electron chi connectivity index (χ3n) is 5.72. The molecule has 0 saturated carbocycles. The van der Waals surface area contributed by atoms with Crippen molar-refractivity contribution in [2.75, 3.05) is 32.8 Å². The van der Waals surface area contributed by atoms with E-state index in [2.05, 4.69) is 35.9 Å². The summed E-state index contributed by atoms with van der Waals surface area (Å²) in [7, 11) is -4.14. The Hall–Kier alpha value is -2.58. The molecule has 194 valence electrons. The van der Waals surface area contributed by atoms with Gasteiger partial charge < -0.3 is 4.74 Å². The van der Waals surface area contributed by atoms with Crippen molar-refractivity contribution in [2.45, 2.75) is 24.2 Å². The average Bonchev–Trinajstić information content (AvgIpc) is 3.24. The molecule has 0 atom stereocenters. The second-order valence-corrected chi connectivity index (χ2v) is 10.6. The molecule has 3 aromatic rings. The fourth-order valence-corrected chi connectivity index (χ4v) is 5.29. The second-order valence-electron chi connectivity index (χ2n) is 8.09. The molecule has 1 N–H and O–H groups in total. The minimum absolute atomic E-state index is 0. The lowest BCUT2D eigenvalue weighted by molar-refractivity contribution is -0.385. The zero-order valence-electron chi connectivity index (χ0n) is 19.2. The third-order valence-corrected chi connectivity index (χ3v) is 7.51. The summed E-state index contributed by atoms with van der Waals surface area (Å²) in [6, 6.07) is 7.58. The highest BCUT2D eigenvalue weighted by Gasteiger charge is 2.22. The first-order valence-corrected chi connectivity index (χ1v) is 13.4. The van der Waals surface area contributed by atoms with Gasteiger partial charge in [0.25, 0.3) is 15.7 Å². The molecule has 1 saturated heterocycles. The quantitative estimate of drug-likeness (QED) is 0.163. The van der Waals surface area contributed by atoms with Gasteiger partial charge in [-0.3, -0.25) is 15.0 Å². The monoisotopic (exact) mass is 600 g/mol. The number of unbranched alkanes of at least 4 members (excludes halogenated alkanes) is 1. The number of benzene rings is 1. The number of aromatic nitrogens is 2. The largest absolute Gasteiger partial charge is 0.379 e. The van der Waals surface area contributed by atoms with Crippen LogP contribution in [0.3, 0.4) is 0 Å². The van der Waals surface area contributed by atoms with E-state index in [4.69, 9.17) is 4.74 Å². The summed E-state index contributed by atoms with van der Waals surface area (Å²) in [4.78, 5) is 15.0. The van der Waals surface area contributed by atoms with Gasteiger partial charge in [-0.15, -0.1) is 12.4 Å². The van der Waals surface area contributed by atoms with Gasteiger partial charge in [0.1, 0.15) is 0 Å². The highest BCUT2D eigenvalue weighted by atomic mass is 79.9. The van der Waals surface area contributed by atoms with Crippen LogP contribution in [0.4, 0.5) is 5.69 Å². The maximum Gasteiger partial charge on any atom is 0.277 e. The van der Waals surface area contributed by atoms with Crippen LogP contribution in [0.1, 0.15) is 24.0 Å². The molecule has 36 heavy (non-hydrogen) atoms. The van der Waals surface area contributed by atoms with Crippen LogP contribution in [-0.4, -0.2) is 66.9 Å². The predicted molar refractivity (Wildman–Crippen MR) is 141 cm³/mol. The maximum absolute atomic E-state index is 13.1. The van der Waals surface area contributed by atoms with Gasteiger partial charge in [0.05, 0.1) is 41.0 Å². The smallest absolute Gasteiger partial charge is 0.277 e. The molecule has 0 radical (unpaired) electrons. The van der Waals surface area contributed by atoms with Crippen molar-refractivity contribution in [3.63, 3.8) is 0 Å². The standard InChI is InChI=1S/C22H25BrN6O5S.ClH/c23-19-6-8-28-21(13-19)18(16-25-28)15-24-26-35(32,33)22-14-20(29(30)31)5-4-17(22)3-1-2-7-27-9-11-34-12-10-27;/h4-6,8,13-16,26H,1-3,7,9-12H2;1H. The van der Waals surface area contributed by atoms with E-state index >= 15 is 0 Å². The van der Waals surface area contributed by atoms with Crippen LogP contribution in [-0.2, 0) is 21.2 Å². The van der Waals surface area contributed by atoms with Gasteiger partial charge in [-0.05, 0) is 43.5 Å². The minimum Gasteiger partial charge on any atom is -0.379 e. The molecule has 0 amide bonds. The number of fused-ring (bicyclic) bond motifs is 1. The van der Waals surface area contributed by atoms with Crippen molar-refractivity contribution < 1.29 is 18.1 Å². The Labute approximate surface area is 223 Å². The summed E-state index contributed by atoms with van der Waals surface area (Å²) < 4.78 is 33.9. The van der Waals surface area contributed by atoms with E-state index in [-0.39, 0.29) is 23.0 Å². The lowest BCUT2D eigenvalue weighted by Crippen LogP contribution is -2.36. The Morgan fingerprint density at radius 3 is 2.75 bits per heavy atom. The summed E-state index contributed by atoms with van der Waals surface area (Å²) in [5.74, 6) is 0. The van der Waals surface area contributed by atoms with Crippen molar-refractivity contribution in [1.82, 2.24) is 19.3 Å². The summed E-state index contributed by atoms with van der Waals surface area (Å²) in [5, 5.41) is 19.4. The van der Waals surface area contributed by atoms with E-state index in [1.54, 1.807) is 16.9 Å². The molecule has 1 fully saturated rings. The van der Waals surface area contributed by atoms with Crippen molar-refractivity contribution in [3.05, 3.63) is 68.4 Å². The molecule has 1 aliphatic rings. The fourth-order valence-electron chi connectivity index (χ4n) is 3.88. The normalized spacial score (nSPS) is 14.7. The number of nitrogens with zero attached hydrogens (tertiary/aromatic N) is 5. The van der Waals surface area contributed by atoms with E-state index in [0.717, 1.165) is 61.7 Å². The minimum atomic E-state index is -4.14. The number of rotatable bonds is 10. The topological polar surface area (TPSA) is 131 Å². The summed E-state index contributed by atoms with van der Waals surface area (Å²) in [6.07, 6.45) is 6.78. The van der Waals surface area contributed by atoms with Crippen LogP contribution in [0.5, 0.6) is 0 Å². The van der Waals surface area contributed by atoms with E-state index in [9.17, 15) is 18.5 Å². The number of hydrogen-bond acceptors (Lipinski definition) is 8. The summed E-state index contributed by atoms with van der Waals surface area (Å²) >= 11 is 3.40. The van der Waals surface area contributed by atoms with Gasteiger partial charge in [0.15, 0.2) is 0 Å². The SMILES string of the molecule is Cl.O=[N+]([O-])c1ccc(CCCCN2CCOCC2)c(S(=O)(=O)NN=Cc2cnn3ccc(Br)cc23)c1. The molecule has 0 spiro atoms. The first-order chi connectivity index (χ1) is 16.8. The van der Waals surface area contributed by atoms with Gasteiger partial charge >= 0.3 is 0 Å². The number of nitro benzene ring substituents is 1. The van der Waals surface area contributed by atoms with Crippen LogP contribution in [0.15, 0.2) is 57.2 Å². The number of halogens is 2. The average molecular weight is 602 g/mol. The summed E-state index contributed by atoms with van der Waals surface area (Å²) in [6.45, 7) is 4.13. The van der Waals surface area contributed by atoms with Gasteiger partial charge in [0, 0.05) is 41.5 Å². The molecule has 4 rings (SSSR count). The van der Waals surface area contributed by atoms with E-state index < -0.39 is 14.9 Å². The number of hydrazone groups is 1. The molecule has 1 aromatic carbocycles. The van der Waals surface area contributed by atoms with Gasteiger partial charge in [-0.1, -0.05) is 22.0 Å². The molecule has 2 aromatic heterocycles. The Bertz CT molecular complexity index is 1340. The van der Waals surface area contributed by atoms with Crippen LogP contribution < -0.4 is 4.83 Å². The Morgan fingerprint density at radius 1 is 1.22 bits per heavy atom. The number of sulfonamides is 1. The highest BCUT2D eigenvalue weighted by Crippen LogP contribution is 2.24. The zero-order chi connectivity index (χ0) is 24.8. The molecule has 0 aliphatic carbocycles. The third kappa shape index (κ3) is 7.01. The number of nitrogens with one attached hydrogen (secondary N) is 1. The van der Waals surface area contributed by atoms with Gasteiger partial charge in [0.2, 0.25) is 0 Å². The first-order valence-electron chi connectivity index (χ1n) is 11.1. The molecule has 1 aliphatic heterocycles. The van der Waals surface area contributed by atoms with Crippen LogP contribution in [0.25, 0.3) is 5.52 Å². The van der Waals surface area contributed by atoms with Gasteiger partial charge in [-0.25, -0.2) is 9.35 Å². The number of non-ortho nitro benzene ring substituents is 1. The van der Waals surface area contributed by atoms with E-state index in [1.807, 2.05) is 12.1 Å². The lowest BCUT2D eigenvalue weighted by atomic mass is 10.1. The first kappa shape index (κ1) is 28.0. The predicted octanol–water partition coefficient (Wildman–Crippen LogP) is 3.39. The van der Waals surface area contributed by atoms with Crippen LogP contribution in [0.2, 0.25) is 0 Å². The second kappa shape index (κ2) is 12.6. The lowest BCUT2D eigenvalue weighted by Gasteiger charge is -2.26. The van der Waals surface area contributed by atoms with Crippen LogP contribution >= 0.6 is 28.3 Å². The Balaban J connectivity index is 0.00000361. The number of morpholine rings is 1. The highest BCUT2D eigenvalue weighted by molar-refractivity contribution is 9.10. The molecule has 14 heteroatoms. The molecular formula is C22H26BrClN6O5S. The van der Waals surface area contributed by atoms with E-state index in [0.29, 0.717) is 17.5 Å². The molecule has 3 heterocycles. The van der Waals surface area contributed by atoms with Crippen molar-refractivity contribution >= 4 is 55.8 Å². The van der Waals surface area contributed by atoms with Crippen molar-refractivity contribution in [2.24, 2.45) is 5.10 Å². The van der Waals surface area contributed by atoms with Crippen molar-refractivity contribution in [3.8, 4) is 0 Å². The van der Waals surface area contributed by atoms with Crippen LogP contribution in [0, 0.1) is 10.1 Å².